The van der Waals surface area contributed by atoms with Gasteiger partial charge in [-0.3, -0.25) is 4.55 Å². The molecular formula is C24H26F3NO6S2. The Balaban J connectivity index is 1.69. The molecule has 36 heavy (non-hydrogen) atoms. The van der Waals surface area contributed by atoms with Gasteiger partial charge in [0, 0.05) is 12.1 Å². The second-order valence-corrected chi connectivity index (χ2v) is 12.1. The molecule has 0 atom stereocenters. The number of sulfonamides is 1. The van der Waals surface area contributed by atoms with E-state index < -0.39 is 37.5 Å². The van der Waals surface area contributed by atoms with Gasteiger partial charge in [0.05, 0.1) is 16.1 Å². The van der Waals surface area contributed by atoms with E-state index in [1.54, 1.807) is 32.0 Å². The van der Waals surface area contributed by atoms with Crippen LogP contribution in [0.1, 0.15) is 43.4 Å². The van der Waals surface area contributed by atoms with Crippen molar-refractivity contribution in [3.63, 3.8) is 0 Å². The summed E-state index contributed by atoms with van der Waals surface area (Å²) in [6.45, 7) is 3.19. The summed E-state index contributed by atoms with van der Waals surface area (Å²) in [5.74, 6) is 0. The van der Waals surface area contributed by atoms with E-state index in [4.69, 9.17) is 0 Å². The van der Waals surface area contributed by atoms with Crippen molar-refractivity contribution in [2.75, 3.05) is 6.54 Å². The zero-order valence-corrected chi connectivity index (χ0v) is 21.1. The third-order valence-electron chi connectivity index (χ3n) is 5.71. The normalized spacial score (nSPS) is 13.3. The van der Waals surface area contributed by atoms with Gasteiger partial charge in [-0.1, -0.05) is 24.3 Å². The van der Waals surface area contributed by atoms with Crippen LogP contribution < -0.4 is 4.72 Å². The average Bonchev–Trinajstić information content (AvgIpc) is 2.94. The maximum absolute atomic E-state index is 12.7. The van der Waals surface area contributed by atoms with E-state index >= 15 is 0 Å². The molecule has 0 amide bonds. The first kappa shape index (κ1) is 28.1. The zero-order chi connectivity index (χ0) is 26.9. The van der Waals surface area contributed by atoms with Gasteiger partial charge in [-0.2, -0.15) is 21.6 Å². The number of halogens is 3. The lowest BCUT2D eigenvalue weighted by molar-refractivity contribution is -0.137. The number of nitrogens with one attached hydrogen (secondary N) is 1. The second-order valence-electron chi connectivity index (χ2n) is 8.89. The molecule has 0 fully saturated rings. The second kappa shape index (κ2) is 10.1. The Hall–Kier alpha value is -2.51. The molecule has 0 saturated heterocycles. The molecule has 2 aliphatic rings. The molecule has 7 nitrogen and oxygen atoms in total. The van der Waals surface area contributed by atoms with Crippen molar-refractivity contribution in [1.82, 2.24) is 4.72 Å². The monoisotopic (exact) mass is 545 g/mol. The van der Waals surface area contributed by atoms with Crippen LogP contribution >= 0.6 is 0 Å². The molecule has 12 heteroatoms. The molecule has 0 saturated carbocycles. The molecule has 3 N–H and O–H groups in total. The van der Waals surface area contributed by atoms with Gasteiger partial charge >= 0.3 is 6.18 Å². The van der Waals surface area contributed by atoms with Crippen LogP contribution in [0.5, 0.6) is 0 Å². The Bertz CT molecular complexity index is 1410. The van der Waals surface area contributed by atoms with Crippen LogP contribution in [-0.2, 0) is 38.3 Å². The predicted molar refractivity (Wildman–Crippen MR) is 128 cm³/mol. The fourth-order valence-electron chi connectivity index (χ4n) is 3.77. The highest BCUT2D eigenvalue weighted by molar-refractivity contribution is 7.89. The van der Waals surface area contributed by atoms with E-state index in [0.29, 0.717) is 53.6 Å². The highest BCUT2D eigenvalue weighted by Crippen LogP contribution is 2.37. The standard InChI is InChI=1S/C24H26F3NO6S2/c1-23(2,29)17-8-12-20-16(15-22(36(32,33)34)21(20)13-9-17)5-3-4-14-28-35(30,31)19-10-6-18(7-11-19)24(25,26)27/h6-13,15,28-29H,3-5,14H2,1-2H3,(H,32,33,34). The number of aliphatic hydroxyl groups is 1. The minimum absolute atomic E-state index is 0.0176. The fourth-order valence-corrected chi connectivity index (χ4v) is 5.59. The summed E-state index contributed by atoms with van der Waals surface area (Å²) in [6.07, 6.45) is -3.38. The van der Waals surface area contributed by atoms with Crippen LogP contribution in [0.2, 0.25) is 0 Å². The number of unbranched alkanes of at least 4 members (excludes halogenated alkanes) is 1. The van der Waals surface area contributed by atoms with Crippen molar-refractivity contribution < 1.29 is 39.7 Å². The van der Waals surface area contributed by atoms with Crippen LogP contribution in [0.3, 0.4) is 0 Å². The predicted octanol–water partition coefficient (Wildman–Crippen LogP) is 4.59. The molecule has 2 aliphatic carbocycles. The summed E-state index contributed by atoms with van der Waals surface area (Å²) >= 11 is 0. The van der Waals surface area contributed by atoms with Crippen molar-refractivity contribution in [1.29, 1.82) is 0 Å². The number of hydrogen-bond acceptors (Lipinski definition) is 5. The quantitative estimate of drug-likeness (QED) is 0.267. The van der Waals surface area contributed by atoms with E-state index in [9.17, 15) is 39.7 Å². The topological polar surface area (TPSA) is 121 Å². The van der Waals surface area contributed by atoms with E-state index in [-0.39, 0.29) is 16.3 Å². The number of hydrogen-bond donors (Lipinski definition) is 3. The molecule has 196 valence electrons. The number of aryl methyl sites for hydroxylation is 1. The zero-order valence-electron chi connectivity index (χ0n) is 19.5. The first-order valence-corrected chi connectivity index (χ1v) is 13.9. The van der Waals surface area contributed by atoms with Crippen molar-refractivity contribution in [2.45, 2.75) is 54.7 Å². The average molecular weight is 546 g/mol. The lowest BCUT2D eigenvalue weighted by Gasteiger charge is -2.15. The Morgan fingerprint density at radius 2 is 1.39 bits per heavy atom. The highest BCUT2D eigenvalue weighted by atomic mass is 32.2. The van der Waals surface area contributed by atoms with Gasteiger partial charge < -0.3 is 5.11 Å². The van der Waals surface area contributed by atoms with Crippen molar-refractivity contribution in [2.24, 2.45) is 0 Å². The molecule has 3 rings (SSSR count). The van der Waals surface area contributed by atoms with Gasteiger partial charge in [0.1, 0.15) is 4.90 Å². The maximum atomic E-state index is 12.7. The van der Waals surface area contributed by atoms with Gasteiger partial charge in [0.25, 0.3) is 10.1 Å². The summed E-state index contributed by atoms with van der Waals surface area (Å²) in [4.78, 5) is -0.543. The van der Waals surface area contributed by atoms with Crippen LogP contribution in [0.15, 0.2) is 64.4 Å². The Morgan fingerprint density at radius 3 is 1.92 bits per heavy atom. The van der Waals surface area contributed by atoms with Crippen LogP contribution in [0.25, 0.3) is 11.1 Å². The summed E-state index contributed by atoms with van der Waals surface area (Å²) in [7, 11) is -8.51. The lowest BCUT2D eigenvalue weighted by atomic mass is 10.0. The number of fused-ring (bicyclic) bond motifs is 1. The van der Waals surface area contributed by atoms with Gasteiger partial charge in [-0.25, -0.2) is 13.1 Å². The highest BCUT2D eigenvalue weighted by Gasteiger charge is 2.30. The molecule has 0 aromatic heterocycles. The number of rotatable bonds is 9. The minimum Gasteiger partial charge on any atom is -0.386 e. The molecule has 0 radical (unpaired) electrons. The third-order valence-corrected chi connectivity index (χ3v) is 8.08. The SMILES string of the molecule is CC(C)(O)c1ccc2c(CCCCNS(=O)(=O)c3ccc(C(F)(F)F)cc3)cc(S(=O)(=O)O)c-2cc1. The Morgan fingerprint density at radius 1 is 0.833 bits per heavy atom. The largest absolute Gasteiger partial charge is 0.416 e. The molecule has 0 aliphatic heterocycles. The van der Waals surface area contributed by atoms with Crippen LogP contribution in [0.4, 0.5) is 13.2 Å². The molecule has 0 spiro atoms. The van der Waals surface area contributed by atoms with Gasteiger partial charge in [-0.05, 0) is 80.1 Å². The molecule has 1 aromatic rings. The number of benzene rings is 1. The maximum Gasteiger partial charge on any atom is 0.416 e. The van der Waals surface area contributed by atoms with Gasteiger partial charge in [0.15, 0.2) is 0 Å². The lowest BCUT2D eigenvalue weighted by Crippen LogP contribution is -2.25. The molecule has 0 bridgehead atoms. The minimum atomic E-state index is -4.57. The molecule has 0 unspecified atom stereocenters. The summed E-state index contributed by atoms with van der Waals surface area (Å²) in [5.41, 5.74) is -0.0750. The first-order chi connectivity index (χ1) is 16.5. The number of alkyl halides is 3. The Labute approximate surface area is 208 Å². The van der Waals surface area contributed by atoms with Crippen LogP contribution in [0, 0.1) is 0 Å². The van der Waals surface area contributed by atoms with Crippen molar-refractivity contribution in [3.8, 4) is 11.1 Å². The van der Waals surface area contributed by atoms with E-state index in [1.165, 1.54) is 12.1 Å². The van der Waals surface area contributed by atoms with Crippen molar-refractivity contribution in [3.05, 3.63) is 71.3 Å². The fraction of sp³-hybridized carbons (Fsp3) is 0.333. The van der Waals surface area contributed by atoms with Gasteiger partial charge in [0.2, 0.25) is 10.0 Å². The molecule has 1 aromatic carbocycles. The first-order valence-electron chi connectivity index (χ1n) is 10.9. The van der Waals surface area contributed by atoms with E-state index in [2.05, 4.69) is 4.72 Å². The van der Waals surface area contributed by atoms with E-state index in [0.717, 1.165) is 12.1 Å². The van der Waals surface area contributed by atoms with Crippen molar-refractivity contribution >= 4 is 20.1 Å². The summed E-state index contributed by atoms with van der Waals surface area (Å²) < 4.78 is 98.6. The molecular weight excluding hydrogens is 519 g/mol. The summed E-state index contributed by atoms with van der Waals surface area (Å²) in [6, 6.07) is 11.0. The Kier molecular flexibility index (Phi) is 7.87. The smallest absolute Gasteiger partial charge is 0.386 e. The summed E-state index contributed by atoms with van der Waals surface area (Å²) in [5, 5.41) is 10.3. The van der Waals surface area contributed by atoms with Gasteiger partial charge in [-0.15, -0.1) is 0 Å². The van der Waals surface area contributed by atoms with E-state index in [1.807, 2.05) is 0 Å². The molecule has 0 heterocycles. The van der Waals surface area contributed by atoms with Crippen LogP contribution in [-0.4, -0.2) is 33.0 Å². The third kappa shape index (κ3) is 6.62.